The molecule has 2 aliphatic heterocycles. The molecular weight excluding hydrogens is 408 g/mol. The van der Waals surface area contributed by atoms with Crippen LogP contribution >= 0.6 is 0 Å². The monoisotopic (exact) mass is 458 g/mol. The lowest BCUT2D eigenvalue weighted by Crippen LogP contribution is -2.74. The Bertz CT molecular complexity index is 698. The van der Waals surface area contributed by atoms with Gasteiger partial charge in [-0.25, -0.2) is 0 Å². The maximum atomic E-state index is 12.1. The van der Waals surface area contributed by atoms with Crippen LogP contribution in [0.25, 0.3) is 0 Å². The predicted octanol–water partition coefficient (Wildman–Crippen LogP) is 5.03. The fourth-order valence-electron chi connectivity index (χ4n) is 11.1. The normalized spacial score (nSPS) is 50.9. The van der Waals surface area contributed by atoms with Crippen molar-refractivity contribution in [3.05, 3.63) is 0 Å². The molecule has 0 aromatic heterocycles. The molecule has 3 unspecified atom stereocenters. The van der Waals surface area contributed by atoms with Crippen LogP contribution in [0.5, 0.6) is 0 Å². The first-order valence-corrected chi connectivity index (χ1v) is 14.8. The van der Waals surface area contributed by atoms with E-state index < -0.39 is 0 Å². The highest BCUT2D eigenvalue weighted by molar-refractivity contribution is 5.20. The Morgan fingerprint density at radius 2 is 1.30 bits per heavy atom. The van der Waals surface area contributed by atoms with Crippen molar-refractivity contribution in [1.29, 1.82) is 0 Å². The summed E-state index contributed by atoms with van der Waals surface area (Å²) in [6.07, 6.45) is 17.2. The fraction of sp³-hybridized carbons (Fsp3) is 1.00. The zero-order chi connectivity index (χ0) is 22.8. The Morgan fingerprint density at radius 3 is 1.94 bits per heavy atom. The summed E-state index contributed by atoms with van der Waals surface area (Å²) >= 11 is 0. The number of piperidine rings is 2. The number of fused-ring (bicyclic) bond motifs is 5. The number of likely N-dealkylation sites (tertiary alicyclic amines) is 2. The minimum absolute atomic E-state index is 0.0896. The number of nitrogens with zero attached hydrogens (tertiary/aromatic N) is 2. The molecule has 8 atom stereocenters. The minimum Gasteiger partial charge on any atom is -0.393 e. The molecule has 0 aromatic carbocycles. The molecule has 6 fully saturated rings. The maximum absolute atomic E-state index is 12.1. The van der Waals surface area contributed by atoms with Crippen molar-refractivity contribution in [2.24, 2.45) is 34.5 Å². The van der Waals surface area contributed by atoms with Crippen LogP contribution in [-0.4, -0.2) is 64.1 Å². The second-order valence-electron chi connectivity index (χ2n) is 13.6. The van der Waals surface area contributed by atoms with Crippen molar-refractivity contribution in [2.75, 3.05) is 26.2 Å². The zero-order valence-electron chi connectivity index (χ0n) is 21.5. The molecular formula is C29H50N2O2. The Labute approximate surface area is 202 Å². The topological polar surface area (TPSA) is 46.9 Å². The van der Waals surface area contributed by atoms with Crippen molar-refractivity contribution in [1.82, 2.24) is 9.80 Å². The summed E-state index contributed by atoms with van der Waals surface area (Å²) in [4.78, 5) is 5.62. The summed E-state index contributed by atoms with van der Waals surface area (Å²) < 4.78 is 0. The molecule has 2 N–H and O–H groups in total. The Kier molecular flexibility index (Phi) is 5.96. The average Bonchev–Trinajstić information content (AvgIpc) is 3.07. The molecule has 0 aromatic rings. The molecule has 6 rings (SSSR count). The van der Waals surface area contributed by atoms with Crippen molar-refractivity contribution >= 4 is 0 Å². The summed E-state index contributed by atoms with van der Waals surface area (Å²) in [7, 11) is 0. The summed E-state index contributed by atoms with van der Waals surface area (Å²) in [6, 6.07) is 0. The third kappa shape index (κ3) is 3.22. The standard InChI is InChI=1S/C29H50N2O2/c1-27-20-22(32)11-9-21(27)10-12-23-24(27)13-14-28(2)25(23)19-26(33)29(28,30-15-5-3-6-16-30)31-17-7-4-8-18-31/h21-26,32-33H,3-20H2,1-2H3/t21?,22?,23-,24-,25+,26?,27+,28+/m1/s1. The first-order valence-electron chi connectivity index (χ1n) is 14.8. The van der Waals surface area contributed by atoms with Crippen LogP contribution in [-0.2, 0) is 0 Å². The maximum Gasteiger partial charge on any atom is 0.106 e. The molecule has 188 valence electrons. The van der Waals surface area contributed by atoms with E-state index in [1.54, 1.807) is 0 Å². The van der Waals surface area contributed by atoms with Crippen molar-refractivity contribution < 1.29 is 10.2 Å². The SMILES string of the molecule is C[C@]12CC(O)CCC1CC[C@@H]1[C@H]2CC[C@@]2(C)[C@H]1CC(O)C2(N1CCCCC1)N1CCCCC1. The van der Waals surface area contributed by atoms with Gasteiger partial charge in [0, 0.05) is 31.6 Å². The molecule has 0 amide bonds. The van der Waals surface area contributed by atoms with E-state index in [1.807, 2.05) is 0 Å². The van der Waals surface area contributed by atoms with Gasteiger partial charge in [-0.1, -0.05) is 26.7 Å². The molecule has 0 spiro atoms. The molecule has 2 heterocycles. The van der Waals surface area contributed by atoms with Crippen LogP contribution in [0.1, 0.15) is 104 Å². The van der Waals surface area contributed by atoms with Gasteiger partial charge in [-0.2, -0.15) is 0 Å². The van der Waals surface area contributed by atoms with E-state index in [0.717, 1.165) is 37.0 Å². The number of hydrogen-bond acceptors (Lipinski definition) is 4. The predicted molar refractivity (Wildman–Crippen MR) is 133 cm³/mol. The molecule has 0 radical (unpaired) electrons. The summed E-state index contributed by atoms with van der Waals surface area (Å²) in [6.45, 7) is 9.88. The van der Waals surface area contributed by atoms with Crippen LogP contribution in [0.4, 0.5) is 0 Å². The summed E-state index contributed by atoms with van der Waals surface area (Å²) in [5, 5.41) is 22.8. The van der Waals surface area contributed by atoms with Crippen LogP contribution < -0.4 is 0 Å². The Morgan fingerprint density at radius 1 is 0.697 bits per heavy atom. The number of aliphatic hydroxyl groups is 2. The van der Waals surface area contributed by atoms with Crippen molar-refractivity contribution in [3.8, 4) is 0 Å². The lowest BCUT2D eigenvalue weighted by Gasteiger charge is -2.65. The van der Waals surface area contributed by atoms with E-state index in [1.165, 1.54) is 96.8 Å². The second kappa shape index (κ2) is 8.46. The molecule has 33 heavy (non-hydrogen) atoms. The van der Waals surface area contributed by atoms with Gasteiger partial charge in [-0.3, -0.25) is 9.80 Å². The molecule has 4 nitrogen and oxygen atoms in total. The molecule has 4 heteroatoms. The van der Waals surface area contributed by atoms with Crippen LogP contribution in [0.2, 0.25) is 0 Å². The molecule has 4 aliphatic carbocycles. The van der Waals surface area contributed by atoms with Gasteiger partial charge in [0.05, 0.1) is 12.2 Å². The van der Waals surface area contributed by atoms with Gasteiger partial charge in [0.25, 0.3) is 0 Å². The Balaban J connectivity index is 1.38. The van der Waals surface area contributed by atoms with E-state index in [4.69, 9.17) is 0 Å². The third-order valence-electron chi connectivity index (χ3n) is 12.4. The van der Waals surface area contributed by atoms with Crippen LogP contribution in [0.3, 0.4) is 0 Å². The first-order chi connectivity index (χ1) is 15.9. The van der Waals surface area contributed by atoms with Crippen LogP contribution in [0, 0.1) is 34.5 Å². The lowest BCUT2D eigenvalue weighted by molar-refractivity contribution is -0.213. The lowest BCUT2D eigenvalue weighted by atomic mass is 9.44. The molecule has 4 saturated carbocycles. The van der Waals surface area contributed by atoms with Crippen molar-refractivity contribution in [3.63, 3.8) is 0 Å². The van der Waals surface area contributed by atoms with E-state index in [0.29, 0.717) is 11.3 Å². The van der Waals surface area contributed by atoms with Gasteiger partial charge >= 0.3 is 0 Å². The van der Waals surface area contributed by atoms with Gasteiger partial charge in [0.15, 0.2) is 0 Å². The number of aliphatic hydroxyl groups excluding tert-OH is 2. The Hall–Kier alpha value is -0.160. The summed E-state index contributed by atoms with van der Waals surface area (Å²) in [5.41, 5.74) is 0.348. The molecule has 0 bridgehead atoms. The first kappa shape index (κ1) is 23.3. The number of hydrogen-bond donors (Lipinski definition) is 2. The van der Waals surface area contributed by atoms with E-state index in [2.05, 4.69) is 23.6 Å². The smallest absolute Gasteiger partial charge is 0.106 e. The van der Waals surface area contributed by atoms with Gasteiger partial charge in [0.1, 0.15) is 5.66 Å². The zero-order valence-corrected chi connectivity index (χ0v) is 21.5. The minimum atomic E-state index is -0.218. The van der Waals surface area contributed by atoms with Gasteiger partial charge < -0.3 is 10.2 Å². The van der Waals surface area contributed by atoms with Crippen molar-refractivity contribution in [2.45, 2.75) is 122 Å². The summed E-state index contributed by atoms with van der Waals surface area (Å²) in [5.74, 6) is 2.93. The molecule has 2 saturated heterocycles. The van der Waals surface area contributed by atoms with E-state index >= 15 is 0 Å². The number of rotatable bonds is 2. The quantitative estimate of drug-likeness (QED) is 0.609. The van der Waals surface area contributed by atoms with Gasteiger partial charge in [-0.05, 0) is 106 Å². The second-order valence-corrected chi connectivity index (χ2v) is 13.6. The third-order valence-corrected chi connectivity index (χ3v) is 12.4. The molecule has 6 aliphatic rings. The van der Waals surface area contributed by atoms with Gasteiger partial charge in [0.2, 0.25) is 0 Å². The largest absolute Gasteiger partial charge is 0.393 e. The fourth-order valence-corrected chi connectivity index (χ4v) is 11.1. The van der Waals surface area contributed by atoms with E-state index in [9.17, 15) is 10.2 Å². The highest BCUT2D eigenvalue weighted by Crippen LogP contribution is 2.70. The highest BCUT2D eigenvalue weighted by atomic mass is 16.3. The van der Waals surface area contributed by atoms with Crippen LogP contribution in [0.15, 0.2) is 0 Å². The van der Waals surface area contributed by atoms with E-state index in [-0.39, 0.29) is 23.3 Å². The average molecular weight is 459 g/mol. The highest BCUT2D eigenvalue weighted by Gasteiger charge is 2.71. The van der Waals surface area contributed by atoms with Gasteiger partial charge in [-0.15, -0.1) is 0 Å².